The zero-order valence-electron chi connectivity index (χ0n) is 13.3. The van der Waals surface area contributed by atoms with Crippen molar-refractivity contribution < 1.29 is 14.3 Å². The zero-order valence-corrected chi connectivity index (χ0v) is 14.1. The lowest BCUT2D eigenvalue weighted by molar-refractivity contribution is -0.116. The summed E-state index contributed by atoms with van der Waals surface area (Å²) in [5.41, 5.74) is 3.09. The minimum atomic E-state index is -0.316. The molecule has 0 fully saturated rings. The molecule has 25 heavy (non-hydrogen) atoms. The molecule has 0 spiro atoms. The minimum Gasteiger partial charge on any atom is -0.497 e. The molecule has 0 aliphatic heterocycles. The van der Waals surface area contributed by atoms with Gasteiger partial charge in [-0.2, -0.15) is 5.10 Å². The highest BCUT2D eigenvalue weighted by atomic mass is 32.1. The second-order valence-corrected chi connectivity index (χ2v) is 5.75. The lowest BCUT2D eigenvalue weighted by atomic mass is 10.3. The number of benzene rings is 1. The van der Waals surface area contributed by atoms with Crippen molar-refractivity contribution in [1.29, 1.82) is 0 Å². The van der Waals surface area contributed by atoms with Crippen molar-refractivity contribution in [2.24, 2.45) is 0 Å². The maximum absolute atomic E-state index is 12.1. The average molecular weight is 357 g/mol. The molecule has 0 unspecified atom stereocenters. The van der Waals surface area contributed by atoms with Gasteiger partial charge in [0.05, 0.1) is 24.5 Å². The first-order valence-corrected chi connectivity index (χ1v) is 8.24. The predicted octanol–water partition coefficient (Wildman–Crippen LogP) is 2.24. The van der Waals surface area contributed by atoms with E-state index in [9.17, 15) is 9.59 Å². The summed E-state index contributed by atoms with van der Waals surface area (Å²) < 4.78 is 6.51. The predicted molar refractivity (Wildman–Crippen MR) is 93.9 cm³/mol. The van der Waals surface area contributed by atoms with Gasteiger partial charge in [0.2, 0.25) is 5.91 Å². The molecule has 3 aromatic rings. The van der Waals surface area contributed by atoms with Gasteiger partial charge in [-0.05, 0) is 24.3 Å². The van der Waals surface area contributed by atoms with Crippen LogP contribution in [0.25, 0.3) is 0 Å². The van der Waals surface area contributed by atoms with Gasteiger partial charge in [-0.15, -0.1) is 11.3 Å². The Morgan fingerprint density at radius 2 is 2.00 bits per heavy atom. The number of amides is 2. The lowest BCUT2D eigenvalue weighted by Gasteiger charge is -2.06. The van der Waals surface area contributed by atoms with Crippen LogP contribution >= 0.6 is 11.3 Å². The smallest absolute Gasteiger partial charge is 0.275 e. The Morgan fingerprint density at radius 1 is 1.20 bits per heavy atom. The van der Waals surface area contributed by atoms with Gasteiger partial charge in [0.1, 0.15) is 18.0 Å². The van der Waals surface area contributed by atoms with Crippen molar-refractivity contribution in [3.05, 3.63) is 53.2 Å². The summed E-state index contributed by atoms with van der Waals surface area (Å²) in [4.78, 5) is 27.9. The monoisotopic (exact) mass is 357 g/mol. The molecule has 0 bridgehead atoms. The first kappa shape index (κ1) is 16.7. The second-order valence-electron chi connectivity index (χ2n) is 5.03. The molecule has 9 heteroatoms. The lowest BCUT2D eigenvalue weighted by Crippen LogP contribution is -2.19. The van der Waals surface area contributed by atoms with E-state index in [0.717, 1.165) is 0 Å². The van der Waals surface area contributed by atoms with E-state index >= 15 is 0 Å². The van der Waals surface area contributed by atoms with Crippen LogP contribution in [0.4, 0.5) is 11.4 Å². The molecule has 128 valence electrons. The van der Waals surface area contributed by atoms with Crippen LogP contribution in [0.1, 0.15) is 10.5 Å². The van der Waals surface area contributed by atoms with Crippen LogP contribution in [0.5, 0.6) is 5.75 Å². The number of nitrogens with one attached hydrogen (secondary N) is 2. The highest BCUT2D eigenvalue weighted by molar-refractivity contribution is 7.07. The molecule has 2 amide bonds. The minimum absolute atomic E-state index is 0.0264. The average Bonchev–Trinajstić information content (AvgIpc) is 3.27. The largest absolute Gasteiger partial charge is 0.497 e. The molecule has 2 aromatic heterocycles. The van der Waals surface area contributed by atoms with Crippen LogP contribution in [-0.2, 0) is 11.3 Å². The van der Waals surface area contributed by atoms with Crippen LogP contribution in [-0.4, -0.2) is 33.7 Å². The van der Waals surface area contributed by atoms with Gasteiger partial charge < -0.3 is 15.4 Å². The van der Waals surface area contributed by atoms with Gasteiger partial charge in [0.25, 0.3) is 5.91 Å². The number of carbonyl (C=O) groups excluding carboxylic acids is 2. The van der Waals surface area contributed by atoms with E-state index in [1.807, 2.05) is 0 Å². The van der Waals surface area contributed by atoms with Crippen molar-refractivity contribution >= 4 is 34.5 Å². The third-order valence-electron chi connectivity index (χ3n) is 3.24. The fourth-order valence-corrected chi connectivity index (χ4v) is 2.59. The number of hydrogen-bond acceptors (Lipinski definition) is 6. The maximum Gasteiger partial charge on any atom is 0.275 e. The number of methoxy groups -OCH3 is 1. The Morgan fingerprint density at radius 3 is 2.68 bits per heavy atom. The van der Waals surface area contributed by atoms with E-state index in [1.165, 1.54) is 22.2 Å². The number of thiazole rings is 1. The Bertz CT molecular complexity index is 858. The van der Waals surface area contributed by atoms with Crippen molar-refractivity contribution in [3.8, 4) is 5.75 Å². The number of anilines is 2. The Hall–Kier alpha value is -3.20. The first-order valence-electron chi connectivity index (χ1n) is 7.30. The van der Waals surface area contributed by atoms with E-state index in [4.69, 9.17) is 4.74 Å². The van der Waals surface area contributed by atoms with Gasteiger partial charge in [-0.25, -0.2) is 4.98 Å². The van der Waals surface area contributed by atoms with E-state index in [2.05, 4.69) is 20.7 Å². The Labute approximate surface area is 147 Å². The van der Waals surface area contributed by atoms with E-state index < -0.39 is 0 Å². The van der Waals surface area contributed by atoms with E-state index in [1.54, 1.807) is 48.5 Å². The zero-order chi connectivity index (χ0) is 17.6. The van der Waals surface area contributed by atoms with Crippen molar-refractivity contribution in [1.82, 2.24) is 14.8 Å². The molecule has 3 rings (SSSR count). The molecule has 2 heterocycles. The number of rotatable bonds is 6. The van der Waals surface area contributed by atoms with Gasteiger partial charge in [0.15, 0.2) is 0 Å². The third kappa shape index (κ3) is 4.42. The van der Waals surface area contributed by atoms with Crippen LogP contribution in [0, 0.1) is 0 Å². The normalized spacial score (nSPS) is 10.3. The van der Waals surface area contributed by atoms with Gasteiger partial charge in [-0.3, -0.25) is 14.3 Å². The summed E-state index contributed by atoms with van der Waals surface area (Å²) in [5, 5.41) is 11.2. The SMILES string of the molecule is COc1ccc(NC(=O)Cn2cc(NC(=O)c3cscn3)cn2)cc1. The van der Waals surface area contributed by atoms with Crippen LogP contribution < -0.4 is 15.4 Å². The summed E-state index contributed by atoms with van der Waals surface area (Å²) in [7, 11) is 1.58. The Kier molecular flexibility index (Phi) is 5.05. The number of carbonyl (C=O) groups is 2. The summed E-state index contributed by atoms with van der Waals surface area (Å²) in [5.74, 6) is 0.166. The summed E-state index contributed by atoms with van der Waals surface area (Å²) in [6, 6.07) is 7.02. The second kappa shape index (κ2) is 7.58. The third-order valence-corrected chi connectivity index (χ3v) is 3.82. The number of aromatic nitrogens is 3. The van der Waals surface area contributed by atoms with Gasteiger partial charge >= 0.3 is 0 Å². The molecule has 0 atom stereocenters. The number of hydrogen-bond donors (Lipinski definition) is 2. The van der Waals surface area contributed by atoms with Crippen LogP contribution in [0.2, 0.25) is 0 Å². The topological polar surface area (TPSA) is 98.1 Å². The summed E-state index contributed by atoms with van der Waals surface area (Å²) in [6.07, 6.45) is 3.06. The standard InChI is InChI=1S/C16H15N5O3S/c1-24-13-4-2-11(3-5-13)19-15(22)8-21-7-12(6-18-21)20-16(23)14-9-25-10-17-14/h2-7,9-10H,8H2,1H3,(H,19,22)(H,20,23). The van der Waals surface area contributed by atoms with Crippen molar-refractivity contribution in [3.63, 3.8) is 0 Å². The van der Waals surface area contributed by atoms with Gasteiger partial charge in [-0.1, -0.05) is 0 Å². The molecule has 0 aliphatic carbocycles. The van der Waals surface area contributed by atoms with Crippen LogP contribution in [0.15, 0.2) is 47.5 Å². The van der Waals surface area contributed by atoms with E-state index in [-0.39, 0.29) is 18.4 Å². The molecule has 0 saturated carbocycles. The quantitative estimate of drug-likeness (QED) is 0.705. The fraction of sp³-hybridized carbons (Fsp3) is 0.125. The molecular formula is C16H15N5O3S. The van der Waals surface area contributed by atoms with E-state index in [0.29, 0.717) is 22.8 Å². The number of nitrogens with zero attached hydrogens (tertiary/aromatic N) is 3. The highest BCUT2D eigenvalue weighted by Gasteiger charge is 2.10. The Balaban J connectivity index is 1.55. The molecule has 8 nitrogen and oxygen atoms in total. The fourth-order valence-electron chi connectivity index (χ4n) is 2.06. The van der Waals surface area contributed by atoms with Gasteiger partial charge in [0, 0.05) is 17.3 Å². The molecule has 1 aromatic carbocycles. The molecule has 2 N–H and O–H groups in total. The molecular weight excluding hydrogens is 342 g/mol. The van der Waals surface area contributed by atoms with Crippen molar-refractivity contribution in [2.75, 3.05) is 17.7 Å². The maximum atomic E-state index is 12.1. The molecule has 0 radical (unpaired) electrons. The molecule has 0 saturated heterocycles. The highest BCUT2D eigenvalue weighted by Crippen LogP contribution is 2.15. The first-order chi connectivity index (χ1) is 12.1. The number of ether oxygens (including phenoxy) is 1. The molecule has 0 aliphatic rings. The summed E-state index contributed by atoms with van der Waals surface area (Å²) in [6.45, 7) is 0.0264. The van der Waals surface area contributed by atoms with Crippen LogP contribution in [0.3, 0.4) is 0 Å². The summed E-state index contributed by atoms with van der Waals surface area (Å²) >= 11 is 1.34. The van der Waals surface area contributed by atoms with Crippen molar-refractivity contribution in [2.45, 2.75) is 6.54 Å².